The number of carbonyl (C=O) groups is 2. The van der Waals surface area contributed by atoms with Crippen molar-refractivity contribution in [3.63, 3.8) is 0 Å². The summed E-state index contributed by atoms with van der Waals surface area (Å²) in [6.45, 7) is 0. The molecule has 0 aromatic heterocycles. The molecule has 0 atom stereocenters. The van der Waals surface area contributed by atoms with E-state index in [1.54, 1.807) is 30.3 Å². The third-order valence-corrected chi connectivity index (χ3v) is 2.46. The SMILES string of the molecule is Nc1ccc(C(F)(F)F)cc1.O=C(O)C(=O)Nc1ccccc1. The van der Waals surface area contributed by atoms with Gasteiger partial charge in [-0.25, -0.2) is 4.79 Å². The van der Waals surface area contributed by atoms with Crippen molar-refractivity contribution in [1.82, 2.24) is 0 Å². The predicted molar refractivity (Wildman–Crippen MR) is 78.6 cm³/mol. The number of amides is 1. The van der Waals surface area contributed by atoms with Gasteiger partial charge in [0.05, 0.1) is 5.56 Å². The van der Waals surface area contributed by atoms with Gasteiger partial charge >= 0.3 is 18.1 Å². The van der Waals surface area contributed by atoms with Gasteiger partial charge < -0.3 is 16.2 Å². The van der Waals surface area contributed by atoms with Crippen molar-refractivity contribution in [2.24, 2.45) is 0 Å². The van der Waals surface area contributed by atoms with Gasteiger partial charge in [0.2, 0.25) is 0 Å². The number of nitrogens with one attached hydrogen (secondary N) is 1. The molecule has 4 N–H and O–H groups in total. The summed E-state index contributed by atoms with van der Waals surface area (Å²) in [6.07, 6.45) is -4.27. The number of benzene rings is 2. The first-order valence-corrected chi connectivity index (χ1v) is 6.22. The van der Waals surface area contributed by atoms with E-state index in [9.17, 15) is 22.8 Å². The molecule has 0 saturated carbocycles. The number of aliphatic carboxylic acids is 1. The molecule has 0 fully saturated rings. The van der Waals surface area contributed by atoms with Crippen LogP contribution in [0.2, 0.25) is 0 Å². The van der Waals surface area contributed by atoms with Crippen LogP contribution in [0, 0.1) is 0 Å². The number of carboxylic acids is 1. The van der Waals surface area contributed by atoms with Gasteiger partial charge in [-0.2, -0.15) is 13.2 Å². The summed E-state index contributed by atoms with van der Waals surface area (Å²) in [7, 11) is 0. The second-order valence-electron chi connectivity index (χ2n) is 4.25. The van der Waals surface area contributed by atoms with Crippen LogP contribution in [0.25, 0.3) is 0 Å². The number of hydrogen-bond donors (Lipinski definition) is 3. The molecule has 0 saturated heterocycles. The first-order chi connectivity index (χ1) is 10.7. The fraction of sp³-hybridized carbons (Fsp3) is 0.0667. The highest BCUT2D eigenvalue weighted by Gasteiger charge is 2.29. The van der Waals surface area contributed by atoms with Crippen molar-refractivity contribution >= 4 is 23.3 Å². The Bertz CT molecular complexity index is 656. The van der Waals surface area contributed by atoms with Crippen LogP contribution in [0.4, 0.5) is 24.5 Å². The lowest BCUT2D eigenvalue weighted by Crippen LogP contribution is -2.21. The smallest absolute Gasteiger partial charge is 0.416 e. The summed E-state index contributed by atoms with van der Waals surface area (Å²) in [6, 6.07) is 12.8. The van der Waals surface area contributed by atoms with Gasteiger partial charge in [-0.3, -0.25) is 4.79 Å². The topological polar surface area (TPSA) is 92.4 Å². The van der Waals surface area contributed by atoms with Gasteiger partial charge in [0, 0.05) is 11.4 Å². The zero-order chi connectivity index (χ0) is 17.5. The molecular formula is C15H13F3N2O3. The van der Waals surface area contributed by atoms with Crippen LogP contribution >= 0.6 is 0 Å². The quantitative estimate of drug-likeness (QED) is 0.555. The average molecular weight is 326 g/mol. The van der Waals surface area contributed by atoms with E-state index < -0.39 is 23.6 Å². The summed E-state index contributed by atoms with van der Waals surface area (Å²) in [4.78, 5) is 20.7. The van der Waals surface area contributed by atoms with Crippen molar-refractivity contribution in [3.8, 4) is 0 Å². The highest BCUT2D eigenvalue weighted by atomic mass is 19.4. The Morgan fingerprint density at radius 3 is 1.91 bits per heavy atom. The van der Waals surface area contributed by atoms with Gasteiger partial charge in [0.15, 0.2) is 0 Å². The Morgan fingerprint density at radius 1 is 0.957 bits per heavy atom. The number of nitrogens with two attached hydrogens (primary N) is 1. The van der Waals surface area contributed by atoms with Crippen molar-refractivity contribution in [2.75, 3.05) is 11.1 Å². The minimum atomic E-state index is -4.27. The van der Waals surface area contributed by atoms with Crippen LogP contribution in [0.1, 0.15) is 5.56 Å². The third kappa shape index (κ3) is 6.51. The summed E-state index contributed by atoms with van der Waals surface area (Å²) in [5.74, 6) is -2.51. The number of anilines is 2. The van der Waals surface area contributed by atoms with E-state index in [2.05, 4.69) is 5.32 Å². The van der Waals surface area contributed by atoms with E-state index in [0.717, 1.165) is 12.1 Å². The molecule has 5 nitrogen and oxygen atoms in total. The molecule has 2 aromatic carbocycles. The van der Waals surface area contributed by atoms with Gasteiger partial charge in [0.1, 0.15) is 0 Å². The summed E-state index contributed by atoms with van der Waals surface area (Å²) >= 11 is 0. The molecule has 0 unspecified atom stereocenters. The first-order valence-electron chi connectivity index (χ1n) is 6.22. The van der Waals surface area contributed by atoms with Gasteiger partial charge in [-0.1, -0.05) is 18.2 Å². The minimum absolute atomic E-state index is 0.331. The van der Waals surface area contributed by atoms with Crippen molar-refractivity contribution in [2.45, 2.75) is 6.18 Å². The number of alkyl halides is 3. The van der Waals surface area contributed by atoms with Crippen molar-refractivity contribution in [3.05, 3.63) is 60.2 Å². The molecule has 0 spiro atoms. The maximum Gasteiger partial charge on any atom is 0.416 e. The Hall–Kier alpha value is -3.03. The summed E-state index contributed by atoms with van der Waals surface area (Å²) < 4.78 is 35.6. The van der Waals surface area contributed by atoms with Gasteiger partial charge in [-0.15, -0.1) is 0 Å². The molecule has 1 amide bonds. The third-order valence-electron chi connectivity index (χ3n) is 2.46. The summed E-state index contributed by atoms with van der Waals surface area (Å²) in [5.41, 5.74) is 5.34. The molecule has 8 heteroatoms. The zero-order valence-corrected chi connectivity index (χ0v) is 11.7. The number of nitrogen functional groups attached to an aromatic ring is 1. The fourth-order valence-corrected chi connectivity index (χ4v) is 1.38. The molecule has 122 valence electrons. The van der Waals surface area contributed by atoms with E-state index in [0.29, 0.717) is 11.4 Å². The normalized spacial score (nSPS) is 10.2. The molecule has 0 aliphatic rings. The lowest BCUT2D eigenvalue weighted by atomic mass is 10.2. The Balaban J connectivity index is 0.000000231. The molecule has 0 aliphatic heterocycles. The Kier molecular flexibility index (Phi) is 6.13. The number of rotatable bonds is 1. The number of carboxylic acid groups (broad SMARTS) is 1. The van der Waals surface area contributed by atoms with Crippen LogP contribution < -0.4 is 11.1 Å². The van der Waals surface area contributed by atoms with E-state index in [4.69, 9.17) is 10.8 Å². The standard InChI is InChI=1S/C8H7NO3.C7H6F3N/c10-7(8(11)12)9-6-4-2-1-3-5-6;8-7(9,10)5-1-3-6(11)4-2-5/h1-5H,(H,9,10)(H,11,12);1-4H,11H2. The minimum Gasteiger partial charge on any atom is -0.474 e. The van der Waals surface area contributed by atoms with E-state index >= 15 is 0 Å². The average Bonchev–Trinajstić information content (AvgIpc) is 2.48. The van der Waals surface area contributed by atoms with Crippen molar-refractivity contribution < 1.29 is 27.9 Å². The second kappa shape index (κ2) is 7.83. The molecule has 2 aromatic rings. The van der Waals surface area contributed by atoms with E-state index in [-0.39, 0.29) is 0 Å². The number of carbonyl (C=O) groups excluding carboxylic acids is 1. The molecule has 0 aliphatic carbocycles. The van der Waals surface area contributed by atoms with Crippen LogP contribution in [0.5, 0.6) is 0 Å². The van der Waals surface area contributed by atoms with Gasteiger partial charge in [0.25, 0.3) is 0 Å². The second-order valence-corrected chi connectivity index (χ2v) is 4.25. The van der Waals surface area contributed by atoms with E-state index in [1.807, 2.05) is 0 Å². The molecule has 2 rings (SSSR count). The molecule has 0 bridgehead atoms. The highest BCUT2D eigenvalue weighted by Crippen LogP contribution is 2.29. The largest absolute Gasteiger partial charge is 0.474 e. The molecule has 0 radical (unpaired) electrons. The number of halogens is 3. The van der Waals surface area contributed by atoms with E-state index in [1.165, 1.54) is 12.1 Å². The maximum atomic E-state index is 11.9. The zero-order valence-electron chi connectivity index (χ0n) is 11.7. The highest BCUT2D eigenvalue weighted by molar-refractivity contribution is 6.36. The summed E-state index contributed by atoms with van der Waals surface area (Å²) in [5, 5.41) is 10.4. The van der Waals surface area contributed by atoms with Crippen LogP contribution in [0.15, 0.2) is 54.6 Å². The predicted octanol–water partition coefficient (Wildman–Crippen LogP) is 3.00. The van der Waals surface area contributed by atoms with Crippen molar-refractivity contribution in [1.29, 1.82) is 0 Å². The lowest BCUT2D eigenvalue weighted by Gasteiger charge is -2.05. The number of para-hydroxylation sites is 1. The van der Waals surface area contributed by atoms with Gasteiger partial charge in [-0.05, 0) is 36.4 Å². The molecule has 0 heterocycles. The first kappa shape index (κ1) is 18.0. The monoisotopic (exact) mass is 326 g/mol. The molecular weight excluding hydrogens is 313 g/mol. The molecule has 23 heavy (non-hydrogen) atoms. The number of hydrogen-bond acceptors (Lipinski definition) is 3. The Morgan fingerprint density at radius 2 is 1.48 bits per heavy atom. The maximum absolute atomic E-state index is 11.9. The van der Waals surface area contributed by atoms with Crippen LogP contribution in [0.3, 0.4) is 0 Å². The lowest BCUT2D eigenvalue weighted by molar-refractivity contribution is -0.147. The van der Waals surface area contributed by atoms with Crippen LogP contribution in [-0.4, -0.2) is 17.0 Å². The van der Waals surface area contributed by atoms with Crippen LogP contribution in [-0.2, 0) is 15.8 Å². The Labute approximate surface area is 129 Å². The fourth-order valence-electron chi connectivity index (χ4n) is 1.38.